The molecule has 0 aliphatic heterocycles. The number of thioether (sulfide) groups is 1. The molecule has 0 atom stereocenters. The highest BCUT2D eigenvalue weighted by molar-refractivity contribution is 7.99. The molecule has 0 fully saturated rings. The summed E-state index contributed by atoms with van der Waals surface area (Å²) < 4.78 is 1.62. The summed E-state index contributed by atoms with van der Waals surface area (Å²) in [6, 6.07) is 16.0. The fourth-order valence-corrected chi connectivity index (χ4v) is 4.29. The molecule has 1 amide bonds. The Morgan fingerprint density at radius 2 is 1.81 bits per heavy atom. The number of nitrogens with one attached hydrogen (secondary N) is 1. The van der Waals surface area contributed by atoms with Crippen LogP contribution in [0.2, 0.25) is 0 Å². The van der Waals surface area contributed by atoms with Crippen molar-refractivity contribution in [2.24, 2.45) is 7.05 Å². The molecule has 0 spiro atoms. The normalized spacial score (nSPS) is 10.8. The Labute approximate surface area is 187 Å². The maximum Gasteiger partial charge on any atom is 0.257 e. The van der Waals surface area contributed by atoms with Crippen LogP contribution in [0.1, 0.15) is 40.8 Å². The van der Waals surface area contributed by atoms with Gasteiger partial charge in [0.2, 0.25) is 5.91 Å². The molecular weight excluding hydrogens is 406 g/mol. The molecule has 0 aliphatic carbocycles. The molecule has 0 radical (unpaired) electrons. The molecule has 0 saturated heterocycles. The molecule has 0 aliphatic rings. The standard InChI is InChI=1S/C25H29N3O2S/c1-17-10-12-21(13-11-17)27-23(29)9-6-14-31-25-26-19(3)22(24(30)28(25)4)16-20-8-5-7-18(2)15-20/h5,7-8,10-13,15H,6,9,14,16H2,1-4H3,(H,27,29). The summed E-state index contributed by atoms with van der Waals surface area (Å²) in [6.07, 6.45) is 1.72. The summed E-state index contributed by atoms with van der Waals surface area (Å²) in [7, 11) is 1.76. The highest BCUT2D eigenvalue weighted by atomic mass is 32.2. The Morgan fingerprint density at radius 1 is 1.06 bits per heavy atom. The Bertz CT molecular complexity index is 1120. The molecule has 162 valence electrons. The molecule has 2 aromatic carbocycles. The average Bonchev–Trinajstić information content (AvgIpc) is 2.74. The van der Waals surface area contributed by atoms with Gasteiger partial charge in [0.1, 0.15) is 0 Å². The van der Waals surface area contributed by atoms with E-state index in [2.05, 4.69) is 16.4 Å². The quantitative estimate of drug-likeness (QED) is 0.313. The lowest BCUT2D eigenvalue weighted by atomic mass is 10.0. The number of rotatable bonds is 8. The number of anilines is 1. The number of hydrogen-bond acceptors (Lipinski definition) is 4. The smallest absolute Gasteiger partial charge is 0.257 e. The maximum absolute atomic E-state index is 12.9. The Kier molecular flexibility index (Phi) is 7.69. The summed E-state index contributed by atoms with van der Waals surface area (Å²) >= 11 is 1.51. The van der Waals surface area contributed by atoms with Crippen molar-refractivity contribution in [3.63, 3.8) is 0 Å². The van der Waals surface area contributed by atoms with Crippen LogP contribution < -0.4 is 10.9 Å². The molecule has 1 N–H and O–H groups in total. The topological polar surface area (TPSA) is 64.0 Å². The predicted octanol–water partition coefficient (Wildman–Crippen LogP) is 4.81. The molecule has 0 unspecified atom stereocenters. The van der Waals surface area contributed by atoms with E-state index in [0.29, 0.717) is 24.4 Å². The van der Waals surface area contributed by atoms with E-state index in [9.17, 15) is 9.59 Å². The van der Waals surface area contributed by atoms with Crippen LogP contribution in [-0.4, -0.2) is 21.2 Å². The highest BCUT2D eigenvalue weighted by Crippen LogP contribution is 2.19. The minimum atomic E-state index is -0.00591. The first kappa shape index (κ1) is 22.8. The molecule has 3 rings (SSSR count). The molecule has 31 heavy (non-hydrogen) atoms. The molecule has 3 aromatic rings. The molecule has 1 heterocycles. The van der Waals surface area contributed by atoms with Crippen LogP contribution in [0.3, 0.4) is 0 Å². The second-order valence-corrected chi connectivity index (χ2v) is 8.92. The van der Waals surface area contributed by atoms with Gasteiger partial charge in [0.15, 0.2) is 5.16 Å². The zero-order valence-electron chi connectivity index (χ0n) is 18.6. The van der Waals surface area contributed by atoms with Crippen LogP contribution in [0.15, 0.2) is 58.5 Å². The number of aromatic nitrogens is 2. The fourth-order valence-electron chi connectivity index (χ4n) is 3.35. The first-order valence-corrected chi connectivity index (χ1v) is 11.4. The van der Waals surface area contributed by atoms with Gasteiger partial charge in [-0.2, -0.15) is 0 Å². The number of carbonyl (C=O) groups is 1. The van der Waals surface area contributed by atoms with Crippen molar-refractivity contribution in [2.45, 2.75) is 45.2 Å². The summed E-state index contributed by atoms with van der Waals surface area (Å²) in [5.74, 6) is 0.717. The van der Waals surface area contributed by atoms with E-state index in [4.69, 9.17) is 0 Å². The van der Waals surface area contributed by atoms with Gasteiger partial charge in [0, 0.05) is 42.6 Å². The van der Waals surface area contributed by atoms with Crippen LogP contribution in [0.25, 0.3) is 0 Å². The zero-order valence-corrected chi connectivity index (χ0v) is 19.4. The highest BCUT2D eigenvalue weighted by Gasteiger charge is 2.13. The summed E-state index contributed by atoms with van der Waals surface area (Å²) in [5, 5.41) is 3.60. The van der Waals surface area contributed by atoms with Crippen LogP contribution in [0.4, 0.5) is 5.69 Å². The van der Waals surface area contributed by atoms with Gasteiger partial charge in [-0.1, -0.05) is 59.3 Å². The molecule has 0 bridgehead atoms. The third-order valence-corrected chi connectivity index (χ3v) is 6.24. The van der Waals surface area contributed by atoms with E-state index < -0.39 is 0 Å². The van der Waals surface area contributed by atoms with E-state index in [1.54, 1.807) is 11.6 Å². The van der Waals surface area contributed by atoms with Crippen LogP contribution >= 0.6 is 11.8 Å². The minimum absolute atomic E-state index is 0.00372. The number of aryl methyl sites for hydroxylation is 3. The Hall–Kier alpha value is -2.86. The second kappa shape index (κ2) is 10.4. The van der Waals surface area contributed by atoms with Crippen LogP contribution in [0, 0.1) is 20.8 Å². The average molecular weight is 436 g/mol. The molecule has 1 aromatic heterocycles. The first-order chi connectivity index (χ1) is 14.8. The van der Waals surface area contributed by atoms with Crippen molar-refractivity contribution in [1.29, 1.82) is 0 Å². The van der Waals surface area contributed by atoms with Crippen molar-refractivity contribution in [3.05, 3.63) is 86.8 Å². The van der Waals surface area contributed by atoms with E-state index in [-0.39, 0.29) is 11.5 Å². The van der Waals surface area contributed by atoms with Crippen LogP contribution in [0.5, 0.6) is 0 Å². The van der Waals surface area contributed by atoms with E-state index in [1.165, 1.54) is 17.3 Å². The summed E-state index contributed by atoms with van der Waals surface area (Å²) in [4.78, 5) is 29.7. The van der Waals surface area contributed by atoms with Crippen molar-refractivity contribution < 1.29 is 4.79 Å². The van der Waals surface area contributed by atoms with Gasteiger partial charge in [-0.15, -0.1) is 0 Å². The largest absolute Gasteiger partial charge is 0.326 e. The second-order valence-electron chi connectivity index (χ2n) is 7.85. The Morgan fingerprint density at radius 3 is 2.52 bits per heavy atom. The van der Waals surface area contributed by atoms with Crippen LogP contribution in [-0.2, 0) is 18.3 Å². The van der Waals surface area contributed by atoms with Crippen molar-refractivity contribution in [3.8, 4) is 0 Å². The van der Waals surface area contributed by atoms with Gasteiger partial charge in [-0.25, -0.2) is 4.98 Å². The SMILES string of the molecule is Cc1ccc(NC(=O)CCCSc2nc(C)c(Cc3cccc(C)c3)c(=O)n2C)cc1. The van der Waals surface area contributed by atoms with E-state index in [0.717, 1.165) is 33.8 Å². The summed E-state index contributed by atoms with van der Waals surface area (Å²) in [5.41, 5.74) is 5.76. The molecule has 5 nitrogen and oxygen atoms in total. The molecule has 0 saturated carbocycles. The van der Waals surface area contributed by atoms with Gasteiger partial charge in [0.25, 0.3) is 5.56 Å². The third-order valence-electron chi connectivity index (χ3n) is 5.13. The van der Waals surface area contributed by atoms with Crippen molar-refractivity contribution in [2.75, 3.05) is 11.1 Å². The van der Waals surface area contributed by atoms with Crippen molar-refractivity contribution in [1.82, 2.24) is 9.55 Å². The monoisotopic (exact) mass is 435 g/mol. The van der Waals surface area contributed by atoms with E-state index >= 15 is 0 Å². The lowest BCUT2D eigenvalue weighted by molar-refractivity contribution is -0.116. The van der Waals surface area contributed by atoms with Gasteiger partial charge in [0.05, 0.1) is 0 Å². The molecular formula is C25H29N3O2S. The lowest BCUT2D eigenvalue weighted by Crippen LogP contribution is -2.25. The van der Waals surface area contributed by atoms with Gasteiger partial charge >= 0.3 is 0 Å². The lowest BCUT2D eigenvalue weighted by Gasteiger charge is -2.12. The fraction of sp³-hybridized carbons (Fsp3) is 0.320. The zero-order chi connectivity index (χ0) is 22.4. The van der Waals surface area contributed by atoms with Gasteiger partial charge in [-0.05, 0) is 44.9 Å². The number of amides is 1. The number of hydrogen-bond donors (Lipinski definition) is 1. The third kappa shape index (κ3) is 6.31. The minimum Gasteiger partial charge on any atom is -0.326 e. The van der Waals surface area contributed by atoms with Gasteiger partial charge < -0.3 is 5.32 Å². The van der Waals surface area contributed by atoms with Gasteiger partial charge in [-0.3, -0.25) is 14.2 Å². The number of nitrogens with zero attached hydrogens (tertiary/aromatic N) is 2. The Balaban J connectivity index is 1.56. The number of benzene rings is 2. The molecule has 6 heteroatoms. The predicted molar refractivity (Wildman–Crippen MR) is 128 cm³/mol. The first-order valence-electron chi connectivity index (χ1n) is 10.4. The maximum atomic E-state index is 12.9. The van der Waals surface area contributed by atoms with Crippen molar-refractivity contribution >= 4 is 23.4 Å². The summed E-state index contributed by atoms with van der Waals surface area (Å²) in [6.45, 7) is 5.96. The van der Waals surface area contributed by atoms with E-state index in [1.807, 2.05) is 63.2 Å². The number of carbonyl (C=O) groups excluding carboxylic acids is 1.